The zero-order valence-electron chi connectivity index (χ0n) is 14.7. The SMILES string of the molecule is O=c1[nH]ccc2cc(F)c(CS(=O)(=O)c3ccc(N4CC(O)C(F)(F)C4)s3)cc12. The summed E-state index contributed by atoms with van der Waals surface area (Å²) in [6.45, 7) is -1.02. The van der Waals surface area contributed by atoms with Crippen LogP contribution >= 0.6 is 11.3 Å². The number of nitrogens with one attached hydrogen (secondary N) is 1. The number of benzene rings is 1. The lowest BCUT2D eigenvalue weighted by Gasteiger charge is -2.14. The van der Waals surface area contributed by atoms with Gasteiger partial charge in [0.05, 0.1) is 23.8 Å². The highest BCUT2D eigenvalue weighted by atomic mass is 32.2. The third-order valence-electron chi connectivity index (χ3n) is 4.75. The Morgan fingerprint density at radius 1 is 1.28 bits per heavy atom. The molecule has 1 aliphatic heterocycles. The first-order valence-electron chi connectivity index (χ1n) is 8.50. The fraction of sp³-hybridized carbons (Fsp3) is 0.278. The van der Waals surface area contributed by atoms with E-state index >= 15 is 0 Å². The molecule has 0 radical (unpaired) electrons. The monoisotopic (exact) mass is 444 g/mol. The lowest BCUT2D eigenvalue weighted by molar-refractivity contribution is -0.0711. The molecule has 29 heavy (non-hydrogen) atoms. The van der Waals surface area contributed by atoms with Crippen molar-refractivity contribution in [1.29, 1.82) is 0 Å². The van der Waals surface area contributed by atoms with E-state index < -0.39 is 45.5 Å². The number of pyridine rings is 1. The number of sulfone groups is 1. The van der Waals surface area contributed by atoms with Crippen LogP contribution in [0.4, 0.5) is 18.2 Å². The largest absolute Gasteiger partial charge is 0.385 e. The number of β-amino-alcohol motifs (C(OH)–C–C–N with tert-alkyl or cyclic N) is 1. The Labute approximate surface area is 167 Å². The number of fused-ring (bicyclic) bond motifs is 1. The predicted octanol–water partition coefficient (Wildman–Crippen LogP) is 2.52. The van der Waals surface area contributed by atoms with Crippen LogP contribution in [0.3, 0.4) is 0 Å². The normalized spacial score (nSPS) is 19.2. The molecule has 4 rings (SSSR count). The van der Waals surface area contributed by atoms with Crippen LogP contribution in [0.1, 0.15) is 5.56 Å². The van der Waals surface area contributed by atoms with E-state index in [9.17, 15) is 31.5 Å². The molecule has 0 spiro atoms. The van der Waals surface area contributed by atoms with E-state index in [1.807, 2.05) is 0 Å². The van der Waals surface area contributed by atoms with E-state index in [1.54, 1.807) is 0 Å². The standard InChI is InChI=1S/C18H15F3N2O4S2/c19-13-6-10-3-4-22-17(25)12(10)5-11(13)8-29(26,27)16-2-1-15(28-16)23-7-14(24)18(20,21)9-23/h1-6,14,24H,7-9H2,(H,22,25). The average molecular weight is 444 g/mol. The summed E-state index contributed by atoms with van der Waals surface area (Å²) in [6.07, 6.45) is -0.457. The van der Waals surface area contributed by atoms with E-state index in [0.717, 1.165) is 17.4 Å². The number of aromatic amines is 1. The van der Waals surface area contributed by atoms with Gasteiger partial charge >= 0.3 is 0 Å². The molecule has 2 N–H and O–H groups in total. The highest BCUT2D eigenvalue weighted by molar-refractivity contribution is 7.92. The van der Waals surface area contributed by atoms with Crippen LogP contribution < -0.4 is 10.5 Å². The number of hydrogen-bond donors (Lipinski definition) is 2. The number of alkyl halides is 2. The molecule has 6 nitrogen and oxygen atoms in total. The van der Waals surface area contributed by atoms with E-state index in [1.165, 1.54) is 35.4 Å². The van der Waals surface area contributed by atoms with Gasteiger partial charge in [-0.15, -0.1) is 11.3 Å². The zero-order chi connectivity index (χ0) is 21.0. The van der Waals surface area contributed by atoms with Gasteiger partial charge in [0.15, 0.2) is 9.84 Å². The Morgan fingerprint density at radius 3 is 2.72 bits per heavy atom. The van der Waals surface area contributed by atoms with Gasteiger partial charge in [0.1, 0.15) is 16.1 Å². The van der Waals surface area contributed by atoms with Gasteiger partial charge in [0.2, 0.25) is 0 Å². The maximum absolute atomic E-state index is 14.4. The number of halogens is 3. The number of hydrogen-bond acceptors (Lipinski definition) is 6. The predicted molar refractivity (Wildman–Crippen MR) is 103 cm³/mol. The molecule has 1 aromatic carbocycles. The fourth-order valence-corrected chi connectivity index (χ4v) is 5.96. The van der Waals surface area contributed by atoms with Crippen molar-refractivity contribution in [1.82, 2.24) is 4.98 Å². The highest BCUT2D eigenvalue weighted by Crippen LogP contribution is 2.37. The first-order chi connectivity index (χ1) is 13.6. The first-order valence-corrected chi connectivity index (χ1v) is 11.0. The maximum Gasteiger partial charge on any atom is 0.292 e. The number of anilines is 1. The van der Waals surface area contributed by atoms with Crippen molar-refractivity contribution in [2.24, 2.45) is 0 Å². The second-order valence-corrected chi connectivity index (χ2v) is 10.1. The average Bonchev–Trinajstić information content (AvgIpc) is 3.22. The summed E-state index contributed by atoms with van der Waals surface area (Å²) in [7, 11) is -3.98. The fourth-order valence-electron chi connectivity index (χ4n) is 3.22. The van der Waals surface area contributed by atoms with Crippen LogP contribution in [0.5, 0.6) is 0 Å². The topological polar surface area (TPSA) is 90.5 Å². The third kappa shape index (κ3) is 3.65. The molecule has 1 atom stereocenters. The molecule has 3 aromatic rings. The molecule has 11 heteroatoms. The van der Waals surface area contributed by atoms with Crippen LogP contribution in [0.15, 0.2) is 45.5 Å². The molecule has 154 valence electrons. The number of aliphatic hydroxyl groups excluding tert-OH is 1. The van der Waals surface area contributed by atoms with E-state index in [-0.39, 0.29) is 26.7 Å². The van der Waals surface area contributed by atoms with Crippen LogP contribution in [-0.2, 0) is 15.6 Å². The van der Waals surface area contributed by atoms with E-state index in [4.69, 9.17) is 0 Å². The number of aromatic nitrogens is 1. The summed E-state index contributed by atoms with van der Waals surface area (Å²) in [5.74, 6) is -4.71. The van der Waals surface area contributed by atoms with Crippen molar-refractivity contribution in [3.05, 3.63) is 58.3 Å². The molecular formula is C18H15F3N2O4S2. The minimum absolute atomic E-state index is 0.112. The summed E-state index contributed by atoms with van der Waals surface area (Å²) < 4.78 is 66.8. The number of H-pyrrole nitrogens is 1. The molecule has 0 bridgehead atoms. The van der Waals surface area contributed by atoms with E-state index in [0.29, 0.717) is 5.39 Å². The van der Waals surface area contributed by atoms with Gasteiger partial charge in [-0.05, 0) is 35.7 Å². The summed E-state index contributed by atoms with van der Waals surface area (Å²) in [5, 5.41) is 10.2. The van der Waals surface area contributed by atoms with Crippen molar-refractivity contribution < 1.29 is 26.7 Å². The lowest BCUT2D eigenvalue weighted by Crippen LogP contribution is -2.31. The lowest BCUT2D eigenvalue weighted by atomic mass is 10.1. The summed E-state index contributed by atoms with van der Waals surface area (Å²) in [5.41, 5.74) is -0.625. The third-order valence-corrected chi connectivity index (χ3v) is 8.15. The Hall–Kier alpha value is -2.37. The molecule has 2 aromatic heterocycles. The second-order valence-electron chi connectivity index (χ2n) is 6.85. The van der Waals surface area contributed by atoms with Gasteiger partial charge in [-0.25, -0.2) is 21.6 Å². The van der Waals surface area contributed by atoms with Gasteiger partial charge in [-0.3, -0.25) is 4.79 Å². The molecule has 1 aliphatic rings. The maximum atomic E-state index is 14.4. The molecule has 3 heterocycles. The van der Waals surface area contributed by atoms with Crippen LogP contribution in [-0.4, -0.2) is 43.6 Å². The van der Waals surface area contributed by atoms with Crippen molar-refractivity contribution >= 4 is 36.9 Å². The summed E-state index contributed by atoms with van der Waals surface area (Å²) in [6, 6.07) is 6.46. The zero-order valence-corrected chi connectivity index (χ0v) is 16.4. The Balaban J connectivity index is 1.63. The molecule has 0 amide bonds. The molecule has 1 fully saturated rings. The highest BCUT2D eigenvalue weighted by Gasteiger charge is 2.47. The minimum atomic E-state index is -3.98. The second kappa shape index (κ2) is 6.85. The smallest absolute Gasteiger partial charge is 0.292 e. The molecule has 1 saturated heterocycles. The summed E-state index contributed by atoms with van der Waals surface area (Å²) >= 11 is 0.775. The van der Waals surface area contributed by atoms with Gasteiger partial charge in [0, 0.05) is 17.1 Å². The van der Waals surface area contributed by atoms with Gasteiger partial charge < -0.3 is 15.0 Å². The van der Waals surface area contributed by atoms with Gasteiger partial charge in [-0.1, -0.05) is 0 Å². The molecule has 0 aliphatic carbocycles. The van der Waals surface area contributed by atoms with Crippen LogP contribution in [0.25, 0.3) is 10.8 Å². The van der Waals surface area contributed by atoms with Crippen LogP contribution in [0.2, 0.25) is 0 Å². The van der Waals surface area contributed by atoms with Crippen molar-refractivity contribution in [3.8, 4) is 0 Å². The Morgan fingerprint density at radius 2 is 2.03 bits per heavy atom. The molecular weight excluding hydrogens is 429 g/mol. The van der Waals surface area contributed by atoms with Gasteiger partial charge in [0.25, 0.3) is 11.5 Å². The van der Waals surface area contributed by atoms with E-state index in [2.05, 4.69) is 4.98 Å². The molecule has 1 unspecified atom stereocenters. The van der Waals surface area contributed by atoms with Crippen molar-refractivity contribution in [3.63, 3.8) is 0 Å². The number of rotatable bonds is 4. The van der Waals surface area contributed by atoms with Gasteiger partial charge in [-0.2, -0.15) is 0 Å². The number of aliphatic hydroxyl groups is 1. The number of thiophene rings is 1. The Kier molecular flexibility index (Phi) is 4.71. The number of nitrogens with zero attached hydrogens (tertiary/aromatic N) is 1. The molecule has 0 saturated carbocycles. The van der Waals surface area contributed by atoms with Crippen LogP contribution in [0, 0.1) is 5.82 Å². The minimum Gasteiger partial charge on any atom is -0.385 e. The summed E-state index contributed by atoms with van der Waals surface area (Å²) in [4.78, 5) is 15.6. The Bertz CT molecular complexity index is 1250. The first kappa shape index (κ1) is 19.9. The van der Waals surface area contributed by atoms with Crippen molar-refractivity contribution in [2.45, 2.75) is 22.0 Å². The van der Waals surface area contributed by atoms with Crippen molar-refractivity contribution in [2.75, 3.05) is 18.0 Å². The quantitative estimate of drug-likeness (QED) is 0.646.